The van der Waals surface area contributed by atoms with E-state index in [9.17, 15) is 8.42 Å². The van der Waals surface area contributed by atoms with Crippen LogP contribution in [0.2, 0.25) is 0 Å². The van der Waals surface area contributed by atoms with Gasteiger partial charge in [0.15, 0.2) is 0 Å². The van der Waals surface area contributed by atoms with Crippen molar-refractivity contribution in [1.82, 2.24) is 9.03 Å². The number of nitrogens with one attached hydrogen (secondary N) is 1. The SMILES string of the molecule is CCN(CC)S(=O)(=O)NCC(C)(C)CN. The van der Waals surface area contributed by atoms with Gasteiger partial charge in [-0.2, -0.15) is 12.7 Å². The first kappa shape index (κ1) is 14.8. The Bertz CT molecular complexity index is 271. The van der Waals surface area contributed by atoms with Crippen molar-refractivity contribution < 1.29 is 8.42 Å². The van der Waals surface area contributed by atoms with Gasteiger partial charge in [-0.05, 0) is 12.0 Å². The second-order valence-electron chi connectivity index (χ2n) is 4.28. The molecule has 0 unspecified atom stereocenters. The maximum absolute atomic E-state index is 11.7. The first-order chi connectivity index (χ1) is 6.79. The molecule has 0 aromatic heterocycles. The Morgan fingerprint density at radius 3 is 2.07 bits per heavy atom. The van der Waals surface area contributed by atoms with E-state index < -0.39 is 10.2 Å². The monoisotopic (exact) mass is 237 g/mol. The highest BCUT2D eigenvalue weighted by Gasteiger charge is 2.22. The number of hydrogen-bond donors (Lipinski definition) is 2. The lowest BCUT2D eigenvalue weighted by molar-refractivity contribution is 0.363. The summed E-state index contributed by atoms with van der Waals surface area (Å²) in [7, 11) is -3.34. The lowest BCUT2D eigenvalue weighted by atomic mass is 9.95. The van der Waals surface area contributed by atoms with E-state index in [1.807, 2.05) is 27.7 Å². The fourth-order valence-electron chi connectivity index (χ4n) is 1.01. The van der Waals surface area contributed by atoms with Crippen LogP contribution in [0.3, 0.4) is 0 Å². The number of nitrogens with zero attached hydrogens (tertiary/aromatic N) is 1. The minimum absolute atomic E-state index is 0.208. The van der Waals surface area contributed by atoms with Crippen LogP contribution in [-0.4, -0.2) is 38.9 Å². The van der Waals surface area contributed by atoms with E-state index in [0.29, 0.717) is 26.2 Å². The molecule has 0 amide bonds. The molecule has 15 heavy (non-hydrogen) atoms. The van der Waals surface area contributed by atoms with Gasteiger partial charge in [0.1, 0.15) is 0 Å². The standard InChI is InChI=1S/C9H23N3O2S/c1-5-12(6-2)15(13,14)11-8-9(3,4)7-10/h11H,5-8,10H2,1-4H3. The highest BCUT2D eigenvalue weighted by molar-refractivity contribution is 7.87. The molecule has 0 aromatic rings. The van der Waals surface area contributed by atoms with Crippen LogP contribution in [0.25, 0.3) is 0 Å². The zero-order valence-corrected chi connectivity index (χ0v) is 10.9. The minimum atomic E-state index is -3.34. The lowest BCUT2D eigenvalue weighted by Gasteiger charge is -2.25. The molecule has 0 saturated heterocycles. The third-order valence-electron chi connectivity index (χ3n) is 2.33. The fourth-order valence-corrected chi connectivity index (χ4v) is 2.45. The summed E-state index contributed by atoms with van der Waals surface area (Å²) in [6.45, 7) is 9.27. The molecule has 0 spiro atoms. The van der Waals surface area contributed by atoms with Crippen molar-refractivity contribution in [2.75, 3.05) is 26.2 Å². The summed E-state index contributed by atoms with van der Waals surface area (Å²) in [5.41, 5.74) is 5.32. The van der Waals surface area contributed by atoms with Crippen LogP contribution in [0, 0.1) is 5.41 Å². The van der Waals surface area contributed by atoms with Crippen LogP contribution in [0.1, 0.15) is 27.7 Å². The molecule has 0 radical (unpaired) electrons. The highest BCUT2D eigenvalue weighted by Crippen LogP contribution is 2.11. The average molecular weight is 237 g/mol. The molecule has 6 heteroatoms. The Hall–Kier alpha value is -0.170. The molecule has 0 bridgehead atoms. The number of rotatable bonds is 7. The summed E-state index contributed by atoms with van der Waals surface area (Å²) in [4.78, 5) is 0. The van der Waals surface area contributed by atoms with Gasteiger partial charge in [0.05, 0.1) is 0 Å². The zero-order chi connectivity index (χ0) is 12.1. The Labute approximate surface area is 93.2 Å². The van der Waals surface area contributed by atoms with Crippen molar-refractivity contribution >= 4 is 10.2 Å². The molecule has 0 aliphatic rings. The molecule has 0 aliphatic carbocycles. The Kier molecular flexibility index (Phi) is 5.72. The second kappa shape index (κ2) is 5.79. The normalized spacial score (nSPS) is 13.5. The lowest BCUT2D eigenvalue weighted by Crippen LogP contribution is -2.45. The summed E-state index contributed by atoms with van der Waals surface area (Å²) in [6.07, 6.45) is 0. The topological polar surface area (TPSA) is 75.4 Å². The Morgan fingerprint density at radius 2 is 1.73 bits per heavy atom. The maximum Gasteiger partial charge on any atom is 0.279 e. The van der Waals surface area contributed by atoms with Crippen molar-refractivity contribution in [3.63, 3.8) is 0 Å². The maximum atomic E-state index is 11.7. The van der Waals surface area contributed by atoms with Gasteiger partial charge >= 0.3 is 0 Å². The van der Waals surface area contributed by atoms with E-state index in [1.165, 1.54) is 4.31 Å². The molecule has 0 atom stereocenters. The second-order valence-corrected chi connectivity index (χ2v) is 6.03. The zero-order valence-electron chi connectivity index (χ0n) is 10.1. The van der Waals surface area contributed by atoms with Gasteiger partial charge in [-0.1, -0.05) is 27.7 Å². The summed E-state index contributed by atoms with van der Waals surface area (Å²) >= 11 is 0. The molecule has 92 valence electrons. The number of hydrogen-bond acceptors (Lipinski definition) is 3. The fraction of sp³-hybridized carbons (Fsp3) is 1.00. The molecule has 0 aromatic carbocycles. The molecule has 5 nitrogen and oxygen atoms in total. The van der Waals surface area contributed by atoms with Crippen LogP contribution < -0.4 is 10.5 Å². The van der Waals surface area contributed by atoms with Crippen LogP contribution in [0.4, 0.5) is 0 Å². The van der Waals surface area contributed by atoms with E-state index in [4.69, 9.17) is 5.73 Å². The molecule has 0 aliphatic heterocycles. The van der Waals surface area contributed by atoms with Crippen LogP contribution in [0.5, 0.6) is 0 Å². The van der Waals surface area contributed by atoms with Crippen molar-refractivity contribution in [2.24, 2.45) is 11.1 Å². The quantitative estimate of drug-likeness (QED) is 0.661. The van der Waals surface area contributed by atoms with Crippen LogP contribution in [-0.2, 0) is 10.2 Å². The third-order valence-corrected chi connectivity index (χ3v) is 4.04. The predicted molar refractivity (Wildman–Crippen MR) is 62.7 cm³/mol. The van der Waals surface area contributed by atoms with E-state index in [1.54, 1.807) is 0 Å². The molecule has 0 heterocycles. The summed E-state index contributed by atoms with van der Waals surface area (Å²) < 4.78 is 27.4. The molecule has 0 fully saturated rings. The molecular weight excluding hydrogens is 214 g/mol. The van der Waals surface area contributed by atoms with Crippen molar-refractivity contribution in [1.29, 1.82) is 0 Å². The van der Waals surface area contributed by atoms with Gasteiger partial charge in [0.2, 0.25) is 0 Å². The highest BCUT2D eigenvalue weighted by atomic mass is 32.2. The van der Waals surface area contributed by atoms with Gasteiger partial charge in [-0.15, -0.1) is 0 Å². The van der Waals surface area contributed by atoms with E-state index >= 15 is 0 Å². The van der Waals surface area contributed by atoms with E-state index in [-0.39, 0.29) is 5.41 Å². The summed E-state index contributed by atoms with van der Waals surface area (Å²) in [6, 6.07) is 0. The van der Waals surface area contributed by atoms with Gasteiger partial charge in [0.25, 0.3) is 10.2 Å². The van der Waals surface area contributed by atoms with Crippen molar-refractivity contribution in [3.8, 4) is 0 Å². The molecule has 0 rings (SSSR count). The van der Waals surface area contributed by atoms with Crippen LogP contribution in [0.15, 0.2) is 0 Å². The van der Waals surface area contributed by atoms with E-state index in [2.05, 4.69) is 4.72 Å². The smallest absolute Gasteiger partial charge is 0.279 e. The van der Waals surface area contributed by atoms with E-state index in [0.717, 1.165) is 0 Å². The largest absolute Gasteiger partial charge is 0.330 e. The summed E-state index contributed by atoms with van der Waals surface area (Å²) in [5.74, 6) is 0. The van der Waals surface area contributed by atoms with Crippen LogP contribution >= 0.6 is 0 Å². The predicted octanol–water partition coefficient (Wildman–Crippen LogP) is 0.148. The first-order valence-corrected chi connectivity index (χ1v) is 6.68. The Morgan fingerprint density at radius 1 is 1.27 bits per heavy atom. The van der Waals surface area contributed by atoms with Gasteiger partial charge in [-0.3, -0.25) is 0 Å². The van der Waals surface area contributed by atoms with Gasteiger partial charge in [0, 0.05) is 19.6 Å². The van der Waals surface area contributed by atoms with Gasteiger partial charge < -0.3 is 5.73 Å². The minimum Gasteiger partial charge on any atom is -0.330 e. The molecule has 3 N–H and O–H groups in total. The molecule has 0 saturated carbocycles. The van der Waals surface area contributed by atoms with Crippen molar-refractivity contribution in [2.45, 2.75) is 27.7 Å². The third kappa shape index (κ3) is 4.92. The van der Waals surface area contributed by atoms with Crippen molar-refractivity contribution in [3.05, 3.63) is 0 Å². The number of nitrogens with two attached hydrogens (primary N) is 1. The average Bonchev–Trinajstić information content (AvgIpc) is 2.17. The summed E-state index contributed by atoms with van der Waals surface area (Å²) in [5, 5.41) is 0. The Balaban J connectivity index is 4.40. The first-order valence-electron chi connectivity index (χ1n) is 5.24. The molecular formula is C9H23N3O2S. The van der Waals surface area contributed by atoms with Gasteiger partial charge in [-0.25, -0.2) is 4.72 Å².